The van der Waals surface area contributed by atoms with Crippen molar-refractivity contribution in [3.05, 3.63) is 18.2 Å². The van der Waals surface area contributed by atoms with Crippen molar-refractivity contribution in [2.24, 2.45) is 12.8 Å². The Morgan fingerprint density at radius 2 is 2.46 bits per heavy atom. The number of nitrogens with two attached hydrogens (primary N) is 1. The van der Waals surface area contributed by atoms with Gasteiger partial charge in [-0.2, -0.15) is 0 Å². The average Bonchev–Trinajstić information content (AvgIpc) is 2.36. The highest BCUT2D eigenvalue weighted by Crippen LogP contribution is 1.99. The number of hydrogen-bond donors (Lipinski definition) is 2. The molecule has 0 amide bonds. The van der Waals surface area contributed by atoms with Crippen LogP contribution in [-0.4, -0.2) is 26.7 Å². The molecule has 0 fully saturated rings. The predicted molar refractivity (Wildman–Crippen MR) is 49.8 cm³/mol. The number of carboxylic acids is 1. The largest absolute Gasteiger partial charge is 0.480 e. The molecule has 1 rings (SSSR count). The lowest BCUT2D eigenvalue weighted by atomic mass is 10.2. The highest BCUT2D eigenvalue weighted by atomic mass is 35.5. The summed E-state index contributed by atoms with van der Waals surface area (Å²) in [6.07, 6.45) is 3.54. The maximum absolute atomic E-state index is 10.4. The second-order valence-corrected chi connectivity index (χ2v) is 2.64. The lowest BCUT2D eigenvalue weighted by molar-refractivity contribution is -0.138. The lowest BCUT2D eigenvalue weighted by Gasteiger charge is -2.05. The van der Waals surface area contributed by atoms with Crippen molar-refractivity contribution in [1.29, 1.82) is 0 Å². The summed E-state index contributed by atoms with van der Waals surface area (Å²) in [6, 6.07) is -0.847. The minimum atomic E-state index is -0.990. The van der Waals surface area contributed by atoms with Gasteiger partial charge in [0.2, 0.25) is 0 Å². The maximum Gasteiger partial charge on any atom is 0.320 e. The molecule has 0 aromatic carbocycles. The van der Waals surface area contributed by atoms with E-state index in [4.69, 9.17) is 10.8 Å². The third-order valence-corrected chi connectivity index (χ3v) is 1.66. The lowest BCUT2D eigenvalue weighted by Crippen LogP contribution is -2.32. The van der Waals surface area contributed by atoms with Crippen LogP contribution in [0, 0.1) is 0 Å². The van der Waals surface area contributed by atoms with E-state index in [1.54, 1.807) is 24.1 Å². The van der Waals surface area contributed by atoms with Crippen molar-refractivity contribution in [2.75, 3.05) is 0 Å². The molecule has 0 aliphatic rings. The fourth-order valence-corrected chi connectivity index (χ4v) is 0.894. The number of imidazole rings is 1. The maximum atomic E-state index is 10.4. The first-order chi connectivity index (χ1) is 5.61. The zero-order valence-corrected chi connectivity index (χ0v) is 7.99. The predicted octanol–water partition coefficient (Wildman–Crippen LogP) is -0.204. The van der Waals surface area contributed by atoms with E-state index < -0.39 is 12.0 Å². The van der Waals surface area contributed by atoms with Crippen LogP contribution in [0.1, 0.15) is 5.69 Å². The van der Waals surface area contributed by atoms with Gasteiger partial charge in [0.25, 0.3) is 0 Å². The molecule has 5 nitrogen and oxygen atoms in total. The van der Waals surface area contributed by atoms with Gasteiger partial charge in [-0.3, -0.25) is 4.79 Å². The van der Waals surface area contributed by atoms with Gasteiger partial charge in [0.1, 0.15) is 6.04 Å². The molecule has 0 aliphatic carbocycles. The molecule has 1 aromatic rings. The van der Waals surface area contributed by atoms with Crippen molar-refractivity contribution in [1.82, 2.24) is 9.55 Å². The molecule has 6 heteroatoms. The monoisotopic (exact) mass is 205 g/mol. The topological polar surface area (TPSA) is 81.1 Å². The standard InChI is InChI=1S/C7H11N3O2.ClH/c1-10-4-9-3-5(10)2-6(8)7(11)12;/h3-4,6H,2,8H2,1H3,(H,11,12);1H/t6-;/m1./s1. The number of halogens is 1. The van der Waals surface area contributed by atoms with Gasteiger partial charge in [0.05, 0.1) is 6.33 Å². The Balaban J connectivity index is 0.00000144. The number of aryl methyl sites for hydroxylation is 1. The molecular formula is C7H12ClN3O2. The van der Waals surface area contributed by atoms with Crippen LogP contribution in [0.25, 0.3) is 0 Å². The van der Waals surface area contributed by atoms with E-state index in [0.29, 0.717) is 6.42 Å². The van der Waals surface area contributed by atoms with Gasteiger partial charge in [-0.15, -0.1) is 12.4 Å². The first-order valence-electron chi connectivity index (χ1n) is 3.55. The number of carbonyl (C=O) groups is 1. The van der Waals surface area contributed by atoms with Gasteiger partial charge in [-0.25, -0.2) is 4.98 Å². The molecule has 1 heterocycles. The quantitative estimate of drug-likeness (QED) is 0.716. The van der Waals surface area contributed by atoms with Gasteiger partial charge < -0.3 is 15.4 Å². The molecule has 1 atom stereocenters. The highest BCUT2D eigenvalue weighted by molar-refractivity contribution is 5.85. The third kappa shape index (κ3) is 3.04. The summed E-state index contributed by atoms with van der Waals surface area (Å²) in [7, 11) is 1.80. The van der Waals surface area contributed by atoms with Crippen molar-refractivity contribution in [3.63, 3.8) is 0 Å². The zero-order valence-electron chi connectivity index (χ0n) is 7.17. The van der Waals surface area contributed by atoms with Gasteiger partial charge in [0, 0.05) is 25.4 Å². The Labute approximate surface area is 82.0 Å². The molecule has 13 heavy (non-hydrogen) atoms. The van der Waals surface area contributed by atoms with Gasteiger partial charge in [-0.05, 0) is 0 Å². The highest BCUT2D eigenvalue weighted by Gasteiger charge is 2.13. The number of rotatable bonds is 3. The van der Waals surface area contributed by atoms with Crippen LogP contribution < -0.4 is 5.73 Å². The Morgan fingerprint density at radius 3 is 2.85 bits per heavy atom. The molecule has 0 saturated heterocycles. The molecule has 0 bridgehead atoms. The molecule has 0 radical (unpaired) electrons. The Hall–Kier alpha value is -1.07. The molecule has 0 spiro atoms. The van der Waals surface area contributed by atoms with E-state index in [-0.39, 0.29) is 12.4 Å². The molecule has 0 unspecified atom stereocenters. The Bertz CT molecular complexity index is 287. The van der Waals surface area contributed by atoms with Gasteiger partial charge in [-0.1, -0.05) is 0 Å². The summed E-state index contributed by atoms with van der Waals surface area (Å²) in [5, 5.41) is 8.52. The van der Waals surface area contributed by atoms with E-state index >= 15 is 0 Å². The van der Waals surface area contributed by atoms with Crippen molar-refractivity contribution >= 4 is 18.4 Å². The fraction of sp³-hybridized carbons (Fsp3) is 0.429. The second-order valence-electron chi connectivity index (χ2n) is 2.64. The van der Waals surface area contributed by atoms with Crippen molar-refractivity contribution in [3.8, 4) is 0 Å². The smallest absolute Gasteiger partial charge is 0.320 e. The van der Waals surface area contributed by atoms with E-state index in [1.165, 1.54) is 0 Å². The molecular weight excluding hydrogens is 194 g/mol. The van der Waals surface area contributed by atoms with Crippen LogP contribution in [0.5, 0.6) is 0 Å². The second kappa shape index (κ2) is 4.84. The first-order valence-corrected chi connectivity index (χ1v) is 3.55. The van der Waals surface area contributed by atoms with Crippen LogP contribution in [-0.2, 0) is 18.3 Å². The van der Waals surface area contributed by atoms with Gasteiger partial charge >= 0.3 is 5.97 Å². The number of nitrogens with zero attached hydrogens (tertiary/aromatic N) is 2. The van der Waals surface area contributed by atoms with E-state index in [9.17, 15) is 4.79 Å². The summed E-state index contributed by atoms with van der Waals surface area (Å²) in [6.45, 7) is 0. The SMILES string of the molecule is Cl.Cn1cncc1C[C@@H](N)C(=O)O. The number of hydrogen-bond acceptors (Lipinski definition) is 3. The summed E-state index contributed by atoms with van der Waals surface area (Å²) < 4.78 is 1.75. The van der Waals surface area contributed by atoms with Crippen LogP contribution in [0.2, 0.25) is 0 Å². The number of carboxylic acid groups (broad SMARTS) is 1. The van der Waals surface area contributed by atoms with Crippen LogP contribution in [0.4, 0.5) is 0 Å². The summed E-state index contributed by atoms with van der Waals surface area (Å²) in [4.78, 5) is 14.2. The minimum absolute atomic E-state index is 0. The molecule has 1 aromatic heterocycles. The van der Waals surface area contributed by atoms with Crippen LogP contribution in [0.3, 0.4) is 0 Å². The summed E-state index contributed by atoms with van der Waals surface area (Å²) in [5.74, 6) is -0.990. The van der Waals surface area contributed by atoms with Crippen LogP contribution in [0.15, 0.2) is 12.5 Å². The van der Waals surface area contributed by atoms with E-state index in [0.717, 1.165) is 5.69 Å². The van der Waals surface area contributed by atoms with E-state index in [1.807, 2.05) is 0 Å². The molecule has 3 N–H and O–H groups in total. The molecule has 0 saturated carbocycles. The third-order valence-electron chi connectivity index (χ3n) is 1.66. The minimum Gasteiger partial charge on any atom is -0.480 e. The number of aliphatic carboxylic acids is 1. The normalized spacial score (nSPS) is 11.8. The zero-order chi connectivity index (χ0) is 9.14. The number of aromatic nitrogens is 2. The van der Waals surface area contributed by atoms with Gasteiger partial charge in [0.15, 0.2) is 0 Å². The summed E-state index contributed by atoms with van der Waals surface area (Å²) in [5.41, 5.74) is 6.16. The van der Waals surface area contributed by atoms with E-state index in [2.05, 4.69) is 4.98 Å². The average molecular weight is 206 g/mol. The Morgan fingerprint density at radius 1 is 1.85 bits per heavy atom. The molecule has 0 aliphatic heterocycles. The van der Waals surface area contributed by atoms with Crippen LogP contribution >= 0.6 is 12.4 Å². The summed E-state index contributed by atoms with van der Waals surface area (Å²) >= 11 is 0. The Kier molecular flexibility index (Phi) is 4.44. The van der Waals surface area contributed by atoms with Crippen molar-refractivity contribution < 1.29 is 9.90 Å². The first kappa shape index (κ1) is 11.9. The van der Waals surface area contributed by atoms with Crippen molar-refractivity contribution in [2.45, 2.75) is 12.5 Å². The fourth-order valence-electron chi connectivity index (χ4n) is 0.894. The molecule has 74 valence electrons.